The van der Waals surface area contributed by atoms with Crippen LogP contribution in [0.4, 0.5) is 13.2 Å². The molecule has 0 saturated carbocycles. The van der Waals surface area contributed by atoms with Crippen molar-refractivity contribution in [2.24, 2.45) is 0 Å². The van der Waals surface area contributed by atoms with Gasteiger partial charge in [-0.3, -0.25) is 0 Å². The highest BCUT2D eigenvalue weighted by atomic mass is 79.9. The van der Waals surface area contributed by atoms with Crippen LogP contribution in [0.25, 0.3) is 0 Å². The second kappa shape index (κ2) is 4.41. The maximum atomic E-state index is 12.5. The van der Waals surface area contributed by atoms with Crippen LogP contribution in [0.15, 0.2) is 22.7 Å². The smallest absolute Gasteiger partial charge is 0.416 e. The Morgan fingerprint density at radius 2 is 1.75 bits per heavy atom. The van der Waals surface area contributed by atoms with Gasteiger partial charge in [-0.25, -0.2) is 0 Å². The van der Waals surface area contributed by atoms with Gasteiger partial charge in [0.05, 0.1) is 10.0 Å². The molecule has 0 unspecified atom stereocenters. The topological polar surface area (TPSA) is 9.23 Å². The van der Waals surface area contributed by atoms with Gasteiger partial charge in [-0.1, -0.05) is 0 Å². The van der Waals surface area contributed by atoms with Gasteiger partial charge in [0.2, 0.25) is 8.32 Å². The van der Waals surface area contributed by atoms with Crippen LogP contribution in [-0.2, 0) is 6.18 Å². The third-order valence-corrected chi connectivity index (χ3v) is 3.16. The molecular formula is C10H12BrF3OSi. The van der Waals surface area contributed by atoms with E-state index in [0.717, 1.165) is 12.1 Å². The van der Waals surface area contributed by atoms with Crippen LogP contribution in [0.5, 0.6) is 5.75 Å². The summed E-state index contributed by atoms with van der Waals surface area (Å²) in [5, 5.41) is 0. The van der Waals surface area contributed by atoms with Crippen molar-refractivity contribution >= 4 is 24.2 Å². The Bertz CT molecular complexity index is 385. The van der Waals surface area contributed by atoms with Gasteiger partial charge in [0.1, 0.15) is 5.75 Å². The molecule has 0 aliphatic rings. The van der Waals surface area contributed by atoms with E-state index in [4.69, 9.17) is 4.43 Å². The molecule has 6 heteroatoms. The molecule has 0 aliphatic carbocycles. The Labute approximate surface area is 102 Å². The first-order chi connectivity index (χ1) is 7.09. The first-order valence-electron chi connectivity index (χ1n) is 4.65. The molecule has 0 bridgehead atoms. The van der Waals surface area contributed by atoms with Crippen molar-refractivity contribution in [3.63, 3.8) is 0 Å². The van der Waals surface area contributed by atoms with E-state index in [9.17, 15) is 13.2 Å². The predicted octanol–water partition coefficient (Wildman–Crippen LogP) is 4.68. The Hall–Kier alpha value is -0.493. The van der Waals surface area contributed by atoms with E-state index < -0.39 is 20.1 Å². The van der Waals surface area contributed by atoms with Gasteiger partial charge in [0.25, 0.3) is 0 Å². The van der Waals surface area contributed by atoms with E-state index in [2.05, 4.69) is 15.9 Å². The molecule has 0 fully saturated rings. The van der Waals surface area contributed by atoms with Crippen LogP contribution in [0.2, 0.25) is 19.6 Å². The van der Waals surface area contributed by atoms with Crippen molar-refractivity contribution in [2.45, 2.75) is 25.8 Å². The van der Waals surface area contributed by atoms with Gasteiger partial charge in [-0.15, -0.1) is 0 Å². The Kier molecular flexibility index (Phi) is 3.74. The minimum atomic E-state index is -4.34. The normalized spacial score (nSPS) is 12.7. The molecule has 0 saturated heterocycles. The van der Waals surface area contributed by atoms with Gasteiger partial charge in [0, 0.05) is 0 Å². The third-order valence-electron chi connectivity index (χ3n) is 1.67. The highest BCUT2D eigenvalue weighted by Gasteiger charge is 2.31. The van der Waals surface area contributed by atoms with Crippen molar-refractivity contribution in [1.82, 2.24) is 0 Å². The molecule has 1 nitrogen and oxygen atoms in total. The van der Waals surface area contributed by atoms with Crippen molar-refractivity contribution in [3.8, 4) is 5.75 Å². The molecule has 0 N–H and O–H groups in total. The maximum absolute atomic E-state index is 12.5. The number of hydrogen-bond acceptors (Lipinski definition) is 1. The summed E-state index contributed by atoms with van der Waals surface area (Å²) in [6.07, 6.45) is -4.34. The molecule has 0 amide bonds. The molecule has 0 heterocycles. The molecule has 1 aromatic rings. The summed E-state index contributed by atoms with van der Waals surface area (Å²) in [5.41, 5.74) is -0.691. The second-order valence-corrected chi connectivity index (χ2v) is 9.64. The van der Waals surface area contributed by atoms with Crippen LogP contribution in [-0.4, -0.2) is 8.32 Å². The Morgan fingerprint density at radius 3 is 2.19 bits per heavy atom. The predicted molar refractivity (Wildman–Crippen MR) is 63.1 cm³/mol. The number of hydrogen-bond donors (Lipinski definition) is 0. The number of alkyl halides is 3. The third kappa shape index (κ3) is 3.82. The number of halogens is 4. The molecule has 1 aromatic carbocycles. The summed E-state index contributed by atoms with van der Waals surface area (Å²) >= 11 is 3.18. The fourth-order valence-corrected chi connectivity index (χ4v) is 2.39. The first-order valence-corrected chi connectivity index (χ1v) is 8.85. The SMILES string of the molecule is C[Si](C)(C)Oc1cc(C(F)(F)F)ccc1Br. The van der Waals surface area contributed by atoms with Gasteiger partial charge in [0.15, 0.2) is 0 Å². The minimum Gasteiger partial charge on any atom is -0.544 e. The minimum absolute atomic E-state index is 0.258. The van der Waals surface area contributed by atoms with Gasteiger partial charge in [-0.05, 0) is 53.8 Å². The van der Waals surface area contributed by atoms with Crippen molar-refractivity contribution in [3.05, 3.63) is 28.2 Å². The monoisotopic (exact) mass is 312 g/mol. The van der Waals surface area contributed by atoms with Crippen LogP contribution >= 0.6 is 15.9 Å². The summed E-state index contributed by atoms with van der Waals surface area (Å²) in [4.78, 5) is 0. The van der Waals surface area contributed by atoms with E-state index in [1.807, 2.05) is 19.6 Å². The standard InChI is InChI=1S/C10H12BrF3OSi/c1-16(2,3)15-9-6-7(10(12,13)14)4-5-8(9)11/h4-6H,1-3H3. The average molecular weight is 313 g/mol. The fourth-order valence-electron chi connectivity index (χ4n) is 1.09. The lowest BCUT2D eigenvalue weighted by atomic mass is 10.2. The van der Waals surface area contributed by atoms with Crippen LogP contribution in [0.1, 0.15) is 5.56 Å². The lowest BCUT2D eigenvalue weighted by Crippen LogP contribution is -2.29. The van der Waals surface area contributed by atoms with Crippen molar-refractivity contribution in [1.29, 1.82) is 0 Å². The zero-order chi connectivity index (χ0) is 12.6. The first kappa shape index (κ1) is 13.6. The van der Waals surface area contributed by atoms with E-state index in [0.29, 0.717) is 4.47 Å². The highest BCUT2D eigenvalue weighted by Crippen LogP contribution is 2.35. The van der Waals surface area contributed by atoms with E-state index >= 15 is 0 Å². The van der Waals surface area contributed by atoms with Crippen LogP contribution in [0, 0.1) is 0 Å². The van der Waals surface area contributed by atoms with Gasteiger partial charge in [-0.2, -0.15) is 13.2 Å². The summed E-state index contributed by atoms with van der Waals surface area (Å²) in [5.74, 6) is 0.258. The quantitative estimate of drug-likeness (QED) is 0.720. The van der Waals surface area contributed by atoms with Crippen molar-refractivity contribution in [2.75, 3.05) is 0 Å². The molecule has 90 valence electrons. The van der Waals surface area contributed by atoms with Gasteiger partial charge < -0.3 is 4.43 Å². The summed E-state index contributed by atoms with van der Waals surface area (Å²) in [6, 6.07) is 3.42. The Morgan fingerprint density at radius 1 is 1.19 bits per heavy atom. The maximum Gasteiger partial charge on any atom is 0.416 e. The molecule has 0 aromatic heterocycles. The molecule has 0 radical (unpaired) electrons. The van der Waals surface area contributed by atoms with E-state index in [1.54, 1.807) is 0 Å². The van der Waals surface area contributed by atoms with Crippen LogP contribution in [0.3, 0.4) is 0 Å². The number of rotatable bonds is 2. The molecule has 1 rings (SSSR count). The largest absolute Gasteiger partial charge is 0.544 e. The summed E-state index contributed by atoms with van der Waals surface area (Å²) in [7, 11) is -1.91. The lowest BCUT2D eigenvalue weighted by molar-refractivity contribution is -0.137. The Balaban J connectivity index is 3.10. The summed E-state index contributed by atoms with van der Waals surface area (Å²) in [6.45, 7) is 5.75. The van der Waals surface area contributed by atoms with Crippen molar-refractivity contribution < 1.29 is 17.6 Å². The molecule has 0 spiro atoms. The van der Waals surface area contributed by atoms with E-state index in [1.165, 1.54) is 6.07 Å². The summed E-state index contributed by atoms with van der Waals surface area (Å²) < 4.78 is 43.5. The zero-order valence-electron chi connectivity index (χ0n) is 9.15. The fraction of sp³-hybridized carbons (Fsp3) is 0.400. The van der Waals surface area contributed by atoms with Crippen LogP contribution < -0.4 is 4.43 Å². The molecule has 16 heavy (non-hydrogen) atoms. The van der Waals surface area contributed by atoms with Gasteiger partial charge >= 0.3 is 6.18 Å². The second-order valence-electron chi connectivity index (χ2n) is 4.36. The molecule has 0 atom stereocenters. The molecule has 0 aliphatic heterocycles. The average Bonchev–Trinajstić information content (AvgIpc) is 2.04. The number of benzene rings is 1. The van der Waals surface area contributed by atoms with E-state index in [-0.39, 0.29) is 5.75 Å². The molecular weight excluding hydrogens is 301 g/mol. The highest BCUT2D eigenvalue weighted by molar-refractivity contribution is 9.10. The zero-order valence-corrected chi connectivity index (χ0v) is 11.7. The lowest BCUT2D eigenvalue weighted by Gasteiger charge is -2.21.